The van der Waals surface area contributed by atoms with E-state index in [1.54, 1.807) is 19.2 Å². The third-order valence-electron chi connectivity index (χ3n) is 3.90. The van der Waals surface area contributed by atoms with Gasteiger partial charge in [0.1, 0.15) is 5.75 Å². The smallest absolute Gasteiger partial charge is 0.175 e. The van der Waals surface area contributed by atoms with Crippen molar-refractivity contribution in [2.45, 2.75) is 4.90 Å². The maximum Gasteiger partial charge on any atom is 0.175 e. The summed E-state index contributed by atoms with van der Waals surface area (Å²) in [5.41, 5.74) is 4.17. The second-order valence-electron chi connectivity index (χ2n) is 5.57. The number of sulfone groups is 1. The second kappa shape index (κ2) is 6.49. The van der Waals surface area contributed by atoms with Gasteiger partial charge < -0.3 is 4.74 Å². The van der Waals surface area contributed by atoms with E-state index in [9.17, 15) is 8.42 Å². The number of ether oxygens (including phenoxy) is 1. The summed E-state index contributed by atoms with van der Waals surface area (Å²) in [6.07, 6.45) is 9.29. The first-order valence-electron chi connectivity index (χ1n) is 7.53. The van der Waals surface area contributed by atoms with Crippen molar-refractivity contribution < 1.29 is 13.2 Å². The largest absolute Gasteiger partial charge is 0.497 e. The summed E-state index contributed by atoms with van der Waals surface area (Å²) in [4.78, 5) is 0.322. The van der Waals surface area contributed by atoms with Gasteiger partial charge in [-0.3, -0.25) is 0 Å². The molecule has 2 aromatic carbocycles. The van der Waals surface area contributed by atoms with Crippen molar-refractivity contribution in [2.24, 2.45) is 0 Å². The fourth-order valence-corrected chi connectivity index (χ4v) is 3.30. The Kier molecular flexibility index (Phi) is 4.40. The molecule has 0 heterocycles. The molecule has 24 heavy (non-hydrogen) atoms. The molecule has 0 bridgehead atoms. The summed E-state index contributed by atoms with van der Waals surface area (Å²) in [7, 11) is -1.56. The molecule has 0 aromatic heterocycles. The summed E-state index contributed by atoms with van der Waals surface area (Å²) in [5, 5.41) is 0. The molecule has 3 rings (SSSR count). The highest BCUT2D eigenvalue weighted by atomic mass is 32.2. The van der Waals surface area contributed by atoms with E-state index in [1.807, 2.05) is 60.7 Å². The van der Waals surface area contributed by atoms with Crippen LogP contribution in [0, 0.1) is 0 Å². The lowest BCUT2D eigenvalue weighted by molar-refractivity contribution is 0.415. The fourth-order valence-electron chi connectivity index (χ4n) is 2.67. The maximum absolute atomic E-state index is 11.7. The monoisotopic (exact) mass is 338 g/mol. The highest BCUT2D eigenvalue weighted by Crippen LogP contribution is 2.31. The third-order valence-corrected chi connectivity index (χ3v) is 5.03. The maximum atomic E-state index is 11.7. The molecule has 0 atom stereocenters. The van der Waals surface area contributed by atoms with Crippen molar-refractivity contribution in [2.75, 3.05) is 13.4 Å². The Hall–Kier alpha value is -2.59. The van der Waals surface area contributed by atoms with Gasteiger partial charge in [0.2, 0.25) is 0 Å². The average molecular weight is 338 g/mol. The van der Waals surface area contributed by atoms with E-state index in [2.05, 4.69) is 0 Å². The van der Waals surface area contributed by atoms with Gasteiger partial charge >= 0.3 is 0 Å². The van der Waals surface area contributed by atoms with Crippen LogP contribution in [0.3, 0.4) is 0 Å². The average Bonchev–Trinajstić information content (AvgIpc) is 3.09. The van der Waals surface area contributed by atoms with Gasteiger partial charge in [0.25, 0.3) is 0 Å². The molecule has 0 radical (unpaired) electrons. The van der Waals surface area contributed by atoms with Gasteiger partial charge in [0.15, 0.2) is 9.84 Å². The minimum atomic E-state index is -3.20. The molecule has 0 fully saturated rings. The van der Waals surface area contributed by atoms with Crippen LogP contribution in [-0.2, 0) is 9.84 Å². The Morgan fingerprint density at radius 3 is 1.79 bits per heavy atom. The van der Waals surface area contributed by atoms with E-state index in [-0.39, 0.29) is 0 Å². The summed E-state index contributed by atoms with van der Waals surface area (Å²) in [5.74, 6) is 0.799. The van der Waals surface area contributed by atoms with Crippen molar-refractivity contribution in [3.05, 3.63) is 89.5 Å². The molecule has 0 unspecified atom stereocenters. The number of hydrogen-bond acceptors (Lipinski definition) is 3. The first kappa shape index (κ1) is 16.3. The minimum absolute atomic E-state index is 0.322. The van der Waals surface area contributed by atoms with Crippen molar-refractivity contribution in [1.82, 2.24) is 0 Å². The molecular weight excluding hydrogens is 320 g/mol. The van der Waals surface area contributed by atoms with E-state index in [0.29, 0.717) is 4.90 Å². The van der Waals surface area contributed by atoms with Crippen LogP contribution in [0.15, 0.2) is 83.3 Å². The van der Waals surface area contributed by atoms with Gasteiger partial charge in [-0.25, -0.2) is 8.42 Å². The molecular formula is C20H18O3S. The molecule has 0 amide bonds. The molecule has 0 spiro atoms. The van der Waals surface area contributed by atoms with E-state index < -0.39 is 9.84 Å². The normalized spacial score (nSPS) is 13.3. The van der Waals surface area contributed by atoms with Crippen molar-refractivity contribution in [1.29, 1.82) is 0 Å². The van der Waals surface area contributed by atoms with Crippen LogP contribution in [0.5, 0.6) is 5.75 Å². The number of methoxy groups -OCH3 is 1. The van der Waals surface area contributed by atoms with Gasteiger partial charge in [-0.1, -0.05) is 48.6 Å². The van der Waals surface area contributed by atoms with Gasteiger partial charge in [-0.15, -0.1) is 0 Å². The van der Waals surface area contributed by atoms with Gasteiger partial charge in [-0.2, -0.15) is 0 Å². The highest BCUT2D eigenvalue weighted by Gasteiger charge is 2.13. The molecule has 0 N–H and O–H groups in total. The van der Waals surface area contributed by atoms with Crippen LogP contribution in [0.25, 0.3) is 5.57 Å². The molecule has 0 saturated carbocycles. The summed E-state index contributed by atoms with van der Waals surface area (Å²) >= 11 is 0. The van der Waals surface area contributed by atoms with Crippen molar-refractivity contribution >= 4 is 15.4 Å². The summed E-state index contributed by atoms with van der Waals surface area (Å²) in [6.45, 7) is 0. The van der Waals surface area contributed by atoms with E-state index in [4.69, 9.17) is 4.74 Å². The van der Waals surface area contributed by atoms with E-state index >= 15 is 0 Å². The molecule has 122 valence electrons. The first-order valence-corrected chi connectivity index (χ1v) is 9.42. The number of hydrogen-bond donors (Lipinski definition) is 0. The molecule has 0 saturated heterocycles. The molecule has 1 aliphatic rings. The number of allylic oxidation sites excluding steroid dienone is 5. The Balaban J connectivity index is 2.11. The topological polar surface area (TPSA) is 43.4 Å². The number of rotatable bonds is 4. The van der Waals surface area contributed by atoms with Crippen molar-refractivity contribution in [3.8, 4) is 5.75 Å². The first-order chi connectivity index (χ1) is 11.5. The lowest BCUT2D eigenvalue weighted by Crippen LogP contribution is -1.98. The van der Waals surface area contributed by atoms with E-state index in [1.165, 1.54) is 6.26 Å². The SMILES string of the molecule is COc1ccc(C(=C2C=CC=C2)c2ccc(S(C)(=O)=O)cc2)cc1. The zero-order valence-electron chi connectivity index (χ0n) is 13.6. The van der Waals surface area contributed by atoms with Crippen molar-refractivity contribution in [3.63, 3.8) is 0 Å². The fraction of sp³-hybridized carbons (Fsp3) is 0.100. The van der Waals surface area contributed by atoms with Gasteiger partial charge in [0, 0.05) is 6.26 Å². The van der Waals surface area contributed by atoms with Crippen LogP contribution >= 0.6 is 0 Å². The highest BCUT2D eigenvalue weighted by molar-refractivity contribution is 7.90. The standard InChI is InChI=1S/C20H18O3S/c1-23-18-11-7-16(8-12-18)20(15-5-3-4-6-15)17-9-13-19(14-10-17)24(2,21)22/h3-14H,1-2H3. The Morgan fingerprint density at radius 2 is 1.33 bits per heavy atom. The molecule has 2 aromatic rings. The predicted octanol–water partition coefficient (Wildman–Crippen LogP) is 4.03. The second-order valence-corrected chi connectivity index (χ2v) is 7.59. The van der Waals surface area contributed by atoms with Crippen LogP contribution < -0.4 is 4.74 Å². The minimum Gasteiger partial charge on any atom is -0.497 e. The Bertz CT molecular complexity index is 915. The van der Waals surface area contributed by atoms with Crippen LogP contribution in [0.1, 0.15) is 11.1 Å². The van der Waals surface area contributed by atoms with Gasteiger partial charge in [0.05, 0.1) is 12.0 Å². The zero-order chi connectivity index (χ0) is 17.2. The lowest BCUT2D eigenvalue weighted by Gasteiger charge is -2.12. The third kappa shape index (κ3) is 3.34. The zero-order valence-corrected chi connectivity index (χ0v) is 14.4. The molecule has 4 heteroatoms. The van der Waals surface area contributed by atoms with Gasteiger partial charge in [-0.05, 0) is 46.5 Å². The van der Waals surface area contributed by atoms with Crippen LogP contribution in [0.2, 0.25) is 0 Å². The predicted molar refractivity (Wildman–Crippen MR) is 96.8 cm³/mol. The summed E-state index contributed by atoms with van der Waals surface area (Å²) < 4.78 is 28.5. The van der Waals surface area contributed by atoms with E-state index in [0.717, 1.165) is 28.0 Å². The molecule has 1 aliphatic carbocycles. The summed E-state index contributed by atoms with van der Waals surface area (Å²) in [6, 6.07) is 14.9. The lowest BCUT2D eigenvalue weighted by atomic mass is 9.93. The molecule has 0 aliphatic heterocycles. The Labute approximate surface area is 142 Å². The Morgan fingerprint density at radius 1 is 0.833 bits per heavy atom. The molecule has 3 nitrogen and oxygen atoms in total. The quantitative estimate of drug-likeness (QED) is 0.845. The van der Waals surface area contributed by atoms with Crippen LogP contribution in [-0.4, -0.2) is 21.8 Å². The number of benzene rings is 2. The van der Waals surface area contributed by atoms with Crippen LogP contribution in [0.4, 0.5) is 0 Å².